The van der Waals surface area contributed by atoms with E-state index in [9.17, 15) is 14.7 Å². The predicted octanol–water partition coefficient (Wildman–Crippen LogP) is 4.93. The molecule has 0 bridgehead atoms. The lowest BCUT2D eigenvalue weighted by Gasteiger charge is -2.52. The molecule has 1 atom stereocenters. The van der Waals surface area contributed by atoms with Gasteiger partial charge in [0.1, 0.15) is 0 Å². The number of likely N-dealkylation sites (tertiary alicyclic amines) is 1. The number of aromatic nitrogens is 2. The number of piperidine rings is 1. The summed E-state index contributed by atoms with van der Waals surface area (Å²) in [6.45, 7) is 1.35. The summed E-state index contributed by atoms with van der Waals surface area (Å²) in [6, 6.07) is 5.08. The Morgan fingerprint density at radius 2 is 1.88 bits per heavy atom. The van der Waals surface area contributed by atoms with Gasteiger partial charge in [-0.1, -0.05) is 56.5 Å². The highest BCUT2D eigenvalue weighted by Gasteiger charge is 2.55. The van der Waals surface area contributed by atoms with Crippen molar-refractivity contribution in [2.45, 2.75) is 89.2 Å². The van der Waals surface area contributed by atoms with Gasteiger partial charge in [-0.25, -0.2) is 4.98 Å². The molecule has 184 valence electrons. The molecule has 2 aromatic rings. The molecule has 3 fully saturated rings. The van der Waals surface area contributed by atoms with Gasteiger partial charge in [-0.3, -0.25) is 14.2 Å². The first-order valence-electron chi connectivity index (χ1n) is 13.0. The second-order valence-corrected chi connectivity index (χ2v) is 11.4. The van der Waals surface area contributed by atoms with Gasteiger partial charge in [0.2, 0.25) is 5.91 Å². The van der Waals surface area contributed by atoms with Crippen molar-refractivity contribution in [3.05, 3.63) is 39.9 Å². The minimum atomic E-state index is -1.03. The van der Waals surface area contributed by atoms with E-state index in [-0.39, 0.29) is 23.4 Å². The molecule has 2 heterocycles. The molecule has 5 rings (SSSR count). The highest BCUT2D eigenvalue weighted by molar-refractivity contribution is 6.31. The lowest BCUT2D eigenvalue weighted by atomic mass is 9.65. The summed E-state index contributed by atoms with van der Waals surface area (Å²) in [7, 11) is 0. The highest BCUT2D eigenvalue weighted by atomic mass is 35.5. The van der Waals surface area contributed by atoms with Crippen LogP contribution in [0.15, 0.2) is 29.3 Å². The van der Waals surface area contributed by atoms with Crippen LogP contribution in [-0.2, 0) is 11.3 Å². The molecule has 2 aliphatic carbocycles. The summed E-state index contributed by atoms with van der Waals surface area (Å²) in [4.78, 5) is 32.8. The van der Waals surface area contributed by atoms with Crippen molar-refractivity contribution in [3.8, 4) is 0 Å². The number of halogens is 1. The Labute approximate surface area is 206 Å². The third kappa shape index (κ3) is 4.51. The summed E-state index contributed by atoms with van der Waals surface area (Å²) < 4.78 is 1.55. The van der Waals surface area contributed by atoms with Crippen molar-refractivity contribution in [1.29, 1.82) is 0 Å². The molecule has 34 heavy (non-hydrogen) atoms. The van der Waals surface area contributed by atoms with Crippen molar-refractivity contribution < 1.29 is 9.90 Å². The summed E-state index contributed by atoms with van der Waals surface area (Å²) in [5.74, 6) is 0.933. The number of rotatable bonds is 5. The monoisotopic (exact) mass is 485 g/mol. The molecule has 0 radical (unpaired) electrons. The molecule has 2 saturated carbocycles. The van der Waals surface area contributed by atoms with E-state index in [1.807, 2.05) is 4.90 Å². The fraction of sp³-hybridized carbons (Fsp3) is 0.667. The zero-order chi connectivity index (χ0) is 23.8. The van der Waals surface area contributed by atoms with Crippen molar-refractivity contribution >= 4 is 28.4 Å². The quantitative estimate of drug-likeness (QED) is 0.651. The number of carbonyl (C=O) groups is 1. The Bertz CT molecular complexity index is 1100. The topological polar surface area (TPSA) is 75.4 Å². The zero-order valence-electron chi connectivity index (χ0n) is 20.0. The maximum atomic E-state index is 13.2. The molecule has 1 aromatic carbocycles. The number of carbonyl (C=O) groups excluding carboxylic acids is 1. The van der Waals surface area contributed by atoms with Crippen LogP contribution >= 0.6 is 11.6 Å². The molecule has 7 heteroatoms. The average molecular weight is 486 g/mol. The Kier molecular flexibility index (Phi) is 6.73. The Balaban J connectivity index is 1.33. The van der Waals surface area contributed by atoms with Crippen molar-refractivity contribution in [2.24, 2.45) is 11.3 Å². The minimum Gasteiger partial charge on any atom is -0.387 e. The highest BCUT2D eigenvalue weighted by Crippen LogP contribution is 2.51. The van der Waals surface area contributed by atoms with E-state index in [0.717, 1.165) is 32.1 Å². The maximum Gasteiger partial charge on any atom is 0.261 e. The van der Waals surface area contributed by atoms with Crippen molar-refractivity contribution in [1.82, 2.24) is 14.5 Å². The van der Waals surface area contributed by atoms with E-state index < -0.39 is 5.60 Å². The fourth-order valence-corrected chi connectivity index (χ4v) is 6.97. The van der Waals surface area contributed by atoms with E-state index in [1.165, 1.54) is 38.4 Å². The lowest BCUT2D eigenvalue weighted by molar-refractivity contribution is -0.160. The van der Waals surface area contributed by atoms with Crippen LogP contribution in [0.25, 0.3) is 10.9 Å². The van der Waals surface area contributed by atoms with E-state index in [2.05, 4.69) is 4.98 Å². The number of amides is 1. The average Bonchev–Trinajstić information content (AvgIpc) is 3.32. The Morgan fingerprint density at radius 1 is 1.12 bits per heavy atom. The molecule has 6 nitrogen and oxygen atoms in total. The predicted molar refractivity (Wildman–Crippen MR) is 134 cm³/mol. The summed E-state index contributed by atoms with van der Waals surface area (Å²) >= 11 is 6.06. The molecule has 1 spiro atoms. The fourth-order valence-electron chi connectivity index (χ4n) is 6.80. The molecule has 1 aromatic heterocycles. The van der Waals surface area contributed by atoms with Crippen molar-refractivity contribution in [3.63, 3.8) is 0 Å². The Morgan fingerprint density at radius 3 is 2.65 bits per heavy atom. The smallest absolute Gasteiger partial charge is 0.261 e. The molecule has 1 amide bonds. The second kappa shape index (κ2) is 9.62. The van der Waals surface area contributed by atoms with E-state index in [1.54, 1.807) is 22.8 Å². The van der Waals surface area contributed by atoms with Crippen LogP contribution in [0.2, 0.25) is 5.02 Å². The van der Waals surface area contributed by atoms with Gasteiger partial charge in [-0.2, -0.15) is 0 Å². The van der Waals surface area contributed by atoms with Crippen LogP contribution in [-0.4, -0.2) is 44.2 Å². The zero-order valence-corrected chi connectivity index (χ0v) is 20.7. The Hall–Kier alpha value is -1.92. The van der Waals surface area contributed by atoms with Crippen LogP contribution in [0.3, 0.4) is 0 Å². The third-order valence-electron chi connectivity index (χ3n) is 8.90. The van der Waals surface area contributed by atoms with Crippen LogP contribution < -0.4 is 5.56 Å². The third-order valence-corrected chi connectivity index (χ3v) is 9.13. The first kappa shape index (κ1) is 23.8. The molecule has 1 aliphatic heterocycles. The summed E-state index contributed by atoms with van der Waals surface area (Å²) in [6.07, 6.45) is 14.0. The van der Waals surface area contributed by atoms with Gasteiger partial charge in [0.05, 0.1) is 29.4 Å². The van der Waals surface area contributed by atoms with E-state index >= 15 is 0 Å². The number of hydrogen-bond donors (Lipinski definition) is 1. The normalized spacial score (nSPS) is 25.3. The molecule has 1 unspecified atom stereocenters. The minimum absolute atomic E-state index is 0.158. The first-order chi connectivity index (χ1) is 16.4. The van der Waals surface area contributed by atoms with Gasteiger partial charge < -0.3 is 10.0 Å². The second-order valence-electron chi connectivity index (χ2n) is 11.0. The number of benzene rings is 1. The van der Waals surface area contributed by atoms with E-state index in [4.69, 9.17) is 11.6 Å². The number of hydrogen-bond acceptors (Lipinski definition) is 4. The van der Waals surface area contributed by atoms with Crippen LogP contribution in [0.4, 0.5) is 0 Å². The van der Waals surface area contributed by atoms with Gasteiger partial charge in [0.15, 0.2) is 0 Å². The summed E-state index contributed by atoms with van der Waals surface area (Å²) in [5.41, 5.74) is -0.987. The number of nitrogens with zero attached hydrogens (tertiary/aromatic N) is 3. The standard InChI is InChI=1S/C27H36ClN3O3/c28-21-9-10-22-23(16-21)29-19-31(25(22)33)18-27(34)14-15-30(17-26(27)12-4-5-13-26)24(32)11-8-20-6-2-1-3-7-20/h9-10,16,19-20,34H,1-8,11-15,17-18H2. The lowest BCUT2D eigenvalue weighted by Crippen LogP contribution is -2.62. The van der Waals surface area contributed by atoms with Crippen LogP contribution in [0.5, 0.6) is 0 Å². The molecular weight excluding hydrogens is 450 g/mol. The molecular formula is C27H36ClN3O3. The van der Waals surface area contributed by atoms with Crippen LogP contribution in [0.1, 0.15) is 77.0 Å². The first-order valence-corrected chi connectivity index (χ1v) is 13.4. The molecule has 3 aliphatic rings. The van der Waals surface area contributed by atoms with Crippen molar-refractivity contribution in [2.75, 3.05) is 13.1 Å². The van der Waals surface area contributed by atoms with Gasteiger partial charge in [0, 0.05) is 29.9 Å². The number of aliphatic hydroxyl groups is 1. The van der Waals surface area contributed by atoms with E-state index in [0.29, 0.717) is 47.8 Å². The van der Waals surface area contributed by atoms with Gasteiger partial charge >= 0.3 is 0 Å². The largest absolute Gasteiger partial charge is 0.387 e. The summed E-state index contributed by atoms with van der Waals surface area (Å²) in [5, 5.41) is 13.1. The van der Waals surface area contributed by atoms with Gasteiger partial charge in [-0.15, -0.1) is 0 Å². The molecule has 1 N–H and O–H groups in total. The maximum absolute atomic E-state index is 13.2. The van der Waals surface area contributed by atoms with Crippen LogP contribution in [0, 0.1) is 11.3 Å². The molecule has 1 saturated heterocycles. The number of fused-ring (bicyclic) bond motifs is 1. The van der Waals surface area contributed by atoms with Gasteiger partial charge in [0.25, 0.3) is 5.56 Å². The van der Waals surface area contributed by atoms with Gasteiger partial charge in [-0.05, 0) is 49.8 Å². The SMILES string of the molecule is O=C(CCC1CCCCC1)N1CCC(O)(Cn2cnc3cc(Cl)ccc3c2=O)C2(CCCC2)C1.